The van der Waals surface area contributed by atoms with E-state index in [0.717, 1.165) is 19.2 Å². The second-order valence-electron chi connectivity index (χ2n) is 4.37. The average molecular weight is 475 g/mol. The summed E-state index contributed by atoms with van der Waals surface area (Å²) in [6.45, 7) is 0.424. The van der Waals surface area contributed by atoms with Crippen LogP contribution in [0.25, 0.3) is 0 Å². The maximum absolute atomic E-state index is 12.2. The summed E-state index contributed by atoms with van der Waals surface area (Å²) in [5.74, 6) is -0.124. The van der Waals surface area contributed by atoms with E-state index in [4.69, 9.17) is 18.0 Å². The van der Waals surface area contributed by atoms with Crippen LogP contribution in [0.3, 0.4) is 0 Å². The van der Waals surface area contributed by atoms with Gasteiger partial charge in [0.25, 0.3) is 5.91 Å². The van der Waals surface area contributed by atoms with Crippen LogP contribution in [0.4, 0.5) is 0 Å². The van der Waals surface area contributed by atoms with Gasteiger partial charge in [0.1, 0.15) is 4.99 Å². The Kier molecular flexibility index (Phi) is 5.72. The van der Waals surface area contributed by atoms with Crippen LogP contribution in [-0.2, 0) is 6.54 Å². The van der Waals surface area contributed by atoms with Gasteiger partial charge in [-0.1, -0.05) is 30.4 Å². The summed E-state index contributed by atoms with van der Waals surface area (Å²) in [4.78, 5) is 12.6. The van der Waals surface area contributed by atoms with Crippen molar-refractivity contribution in [2.75, 3.05) is 0 Å². The molecule has 0 aliphatic heterocycles. The number of rotatable bonds is 4. The summed E-state index contributed by atoms with van der Waals surface area (Å²) in [6, 6.07) is 13.2. The number of hydrogen-bond donors (Lipinski definition) is 2. The van der Waals surface area contributed by atoms with Gasteiger partial charge in [-0.2, -0.15) is 0 Å². The molecule has 0 saturated carbocycles. The number of amides is 1. The summed E-state index contributed by atoms with van der Waals surface area (Å²) < 4.78 is 1.79. The highest BCUT2D eigenvalue weighted by atomic mass is 127. The molecule has 2 aromatic carbocycles. The Morgan fingerprint density at radius 3 is 2.76 bits per heavy atom. The molecule has 2 aromatic rings. The summed E-state index contributed by atoms with van der Waals surface area (Å²) in [6.07, 6.45) is 0. The Morgan fingerprint density at radius 1 is 1.29 bits per heavy atom. The van der Waals surface area contributed by atoms with Crippen LogP contribution < -0.4 is 11.1 Å². The van der Waals surface area contributed by atoms with Crippen molar-refractivity contribution < 1.29 is 4.79 Å². The van der Waals surface area contributed by atoms with Gasteiger partial charge in [0, 0.05) is 20.2 Å². The van der Waals surface area contributed by atoms with Gasteiger partial charge in [-0.3, -0.25) is 4.79 Å². The van der Waals surface area contributed by atoms with Gasteiger partial charge in [0.05, 0.1) is 5.56 Å². The molecular formula is C15H12BrIN2OS. The molecule has 0 saturated heterocycles. The zero-order valence-corrected chi connectivity index (χ0v) is 15.5. The maximum atomic E-state index is 12.2. The van der Waals surface area contributed by atoms with Crippen molar-refractivity contribution in [3.8, 4) is 0 Å². The zero-order chi connectivity index (χ0) is 15.4. The third kappa shape index (κ3) is 4.49. The fourth-order valence-corrected chi connectivity index (χ4v) is 2.83. The lowest BCUT2D eigenvalue weighted by Gasteiger charge is -2.08. The molecule has 21 heavy (non-hydrogen) atoms. The fourth-order valence-electron chi connectivity index (χ4n) is 1.78. The van der Waals surface area contributed by atoms with Crippen LogP contribution in [-0.4, -0.2) is 10.9 Å². The summed E-state index contributed by atoms with van der Waals surface area (Å²) in [5.41, 5.74) is 7.97. The third-order valence-electron chi connectivity index (χ3n) is 2.84. The van der Waals surface area contributed by atoms with E-state index in [9.17, 15) is 4.79 Å². The maximum Gasteiger partial charge on any atom is 0.252 e. The Morgan fingerprint density at radius 2 is 2.05 bits per heavy atom. The smallest absolute Gasteiger partial charge is 0.252 e. The number of halogens is 2. The van der Waals surface area contributed by atoms with Crippen molar-refractivity contribution in [2.24, 2.45) is 5.73 Å². The molecule has 0 radical (unpaired) electrons. The minimum Gasteiger partial charge on any atom is -0.389 e. The first-order valence-electron chi connectivity index (χ1n) is 6.09. The molecule has 0 bridgehead atoms. The van der Waals surface area contributed by atoms with E-state index in [2.05, 4.69) is 43.8 Å². The van der Waals surface area contributed by atoms with Gasteiger partial charge in [0.2, 0.25) is 0 Å². The molecule has 0 aliphatic rings. The highest BCUT2D eigenvalue weighted by molar-refractivity contribution is 14.1. The lowest BCUT2D eigenvalue weighted by atomic mass is 10.1. The quantitative estimate of drug-likeness (QED) is 0.525. The lowest BCUT2D eigenvalue weighted by molar-refractivity contribution is 0.0950. The number of nitrogens with two attached hydrogens (primary N) is 1. The van der Waals surface area contributed by atoms with Gasteiger partial charge < -0.3 is 11.1 Å². The Balaban J connectivity index is 2.09. The first kappa shape index (κ1) is 16.4. The molecule has 6 heteroatoms. The highest BCUT2D eigenvalue weighted by Gasteiger charge is 2.10. The first-order valence-corrected chi connectivity index (χ1v) is 8.37. The highest BCUT2D eigenvalue weighted by Crippen LogP contribution is 2.19. The van der Waals surface area contributed by atoms with Crippen molar-refractivity contribution in [2.45, 2.75) is 6.54 Å². The Bertz CT molecular complexity index is 706. The number of carbonyl (C=O) groups is 1. The average Bonchev–Trinajstić information content (AvgIpc) is 2.47. The topological polar surface area (TPSA) is 55.1 Å². The molecule has 2 rings (SSSR count). The summed E-state index contributed by atoms with van der Waals surface area (Å²) in [5, 5.41) is 2.89. The predicted octanol–water partition coefficient (Wildman–Crippen LogP) is 3.62. The Hall–Kier alpha value is -0.990. The van der Waals surface area contributed by atoms with Crippen molar-refractivity contribution in [3.63, 3.8) is 0 Å². The number of carbonyl (C=O) groups excluding carboxylic acids is 1. The number of hydrogen-bond acceptors (Lipinski definition) is 2. The molecule has 0 heterocycles. The zero-order valence-electron chi connectivity index (χ0n) is 10.9. The van der Waals surface area contributed by atoms with Gasteiger partial charge in [-0.25, -0.2) is 0 Å². The molecule has 3 nitrogen and oxygen atoms in total. The second kappa shape index (κ2) is 7.33. The Labute approximate surface area is 150 Å². The molecular weight excluding hydrogens is 463 g/mol. The molecule has 0 aromatic heterocycles. The SMILES string of the molecule is NC(=S)c1cccc(CNC(=O)c2cc(I)ccc2Br)c1. The minimum atomic E-state index is -0.124. The minimum absolute atomic E-state index is 0.124. The van der Waals surface area contributed by atoms with Crippen molar-refractivity contribution in [1.82, 2.24) is 5.32 Å². The van der Waals surface area contributed by atoms with E-state index < -0.39 is 0 Å². The molecule has 0 aliphatic carbocycles. The number of nitrogens with one attached hydrogen (secondary N) is 1. The molecule has 0 unspecified atom stereocenters. The van der Waals surface area contributed by atoms with Crippen molar-refractivity contribution in [3.05, 3.63) is 67.2 Å². The first-order chi connectivity index (χ1) is 9.97. The summed E-state index contributed by atoms with van der Waals surface area (Å²) in [7, 11) is 0. The van der Waals surface area contributed by atoms with Crippen molar-refractivity contribution in [1.29, 1.82) is 0 Å². The fraction of sp³-hybridized carbons (Fsp3) is 0.0667. The van der Waals surface area contributed by atoms with Gasteiger partial charge in [0.15, 0.2) is 0 Å². The lowest BCUT2D eigenvalue weighted by Crippen LogP contribution is -2.23. The largest absolute Gasteiger partial charge is 0.389 e. The van der Waals surface area contributed by atoms with E-state index in [1.165, 1.54) is 0 Å². The molecule has 0 atom stereocenters. The van der Waals surface area contributed by atoms with Crippen LogP contribution in [0.5, 0.6) is 0 Å². The number of benzene rings is 2. The van der Waals surface area contributed by atoms with Crippen molar-refractivity contribution >= 4 is 61.6 Å². The molecule has 0 fully saturated rings. The second-order valence-corrected chi connectivity index (χ2v) is 6.91. The van der Waals surface area contributed by atoms with Crippen LogP contribution >= 0.6 is 50.7 Å². The van der Waals surface area contributed by atoms with Gasteiger partial charge in [-0.15, -0.1) is 0 Å². The van der Waals surface area contributed by atoms with E-state index >= 15 is 0 Å². The third-order valence-corrected chi connectivity index (χ3v) is 4.44. The van der Waals surface area contributed by atoms with Crippen LogP contribution in [0.2, 0.25) is 0 Å². The van der Waals surface area contributed by atoms with Crippen LogP contribution in [0.15, 0.2) is 46.9 Å². The van der Waals surface area contributed by atoms with E-state index in [1.54, 1.807) is 0 Å². The van der Waals surface area contributed by atoms with Crippen LogP contribution in [0.1, 0.15) is 21.5 Å². The van der Waals surface area contributed by atoms with Gasteiger partial charge in [-0.05, 0) is 68.3 Å². The van der Waals surface area contributed by atoms with E-state index in [1.807, 2.05) is 42.5 Å². The standard InChI is InChI=1S/C15H12BrIN2OS/c16-13-5-4-11(17)7-12(13)15(20)19-8-9-2-1-3-10(6-9)14(18)21/h1-7H,8H2,(H2,18,21)(H,19,20). The molecule has 108 valence electrons. The molecule has 0 spiro atoms. The monoisotopic (exact) mass is 474 g/mol. The normalized spacial score (nSPS) is 10.2. The molecule has 1 amide bonds. The summed E-state index contributed by atoms with van der Waals surface area (Å²) >= 11 is 10.5. The predicted molar refractivity (Wildman–Crippen MR) is 100 cm³/mol. The van der Waals surface area contributed by atoms with E-state index in [-0.39, 0.29) is 5.91 Å². The molecule has 3 N–H and O–H groups in total. The van der Waals surface area contributed by atoms with Crippen LogP contribution in [0, 0.1) is 3.57 Å². The number of thiocarbonyl (C=S) groups is 1. The van der Waals surface area contributed by atoms with Gasteiger partial charge >= 0.3 is 0 Å². The van der Waals surface area contributed by atoms with E-state index in [0.29, 0.717) is 17.1 Å².